The third-order valence-corrected chi connectivity index (χ3v) is 2.47. The van der Waals surface area contributed by atoms with E-state index in [9.17, 15) is 0 Å². The minimum atomic E-state index is 0.499. The largest absolute Gasteiger partial charge is 0.444 e. The molecule has 0 radical (unpaired) electrons. The highest BCUT2D eigenvalue weighted by Crippen LogP contribution is 1.96. The Morgan fingerprint density at radius 1 is 0.950 bits per heavy atom. The lowest BCUT2D eigenvalue weighted by Crippen LogP contribution is -2.20. The number of ether oxygens (including phenoxy) is 3. The molecule has 0 aliphatic rings. The van der Waals surface area contributed by atoms with Crippen LogP contribution in [0.3, 0.4) is 0 Å². The van der Waals surface area contributed by atoms with Gasteiger partial charge in [0.1, 0.15) is 12.7 Å². The molecule has 0 aliphatic heterocycles. The molecule has 0 unspecified atom stereocenters. The van der Waals surface area contributed by atoms with E-state index in [-0.39, 0.29) is 0 Å². The van der Waals surface area contributed by atoms with Gasteiger partial charge in [-0.2, -0.15) is 0 Å². The number of hydrogen-bond donors (Lipinski definition) is 1. The second kappa shape index (κ2) is 12.5. The number of rotatable bonds is 11. The fourth-order valence-corrected chi connectivity index (χ4v) is 1.52. The molecule has 0 saturated heterocycles. The third kappa shape index (κ3) is 9.40. The Labute approximate surface area is 121 Å². The van der Waals surface area contributed by atoms with E-state index in [1.165, 1.54) is 5.56 Å². The molecule has 0 aromatic heterocycles. The molecule has 4 heteroatoms. The Balaban J connectivity index is 1.79. The van der Waals surface area contributed by atoms with Gasteiger partial charge in [-0.25, -0.2) is 0 Å². The standard InChI is InChI=1S/C16H23NO3/c1-2-9-18-11-13-20-14-12-19-10-8-17-15-16-6-4-3-5-7-16/h3-7,17H,8,10-15H2,1H3. The van der Waals surface area contributed by atoms with Gasteiger partial charge in [-0.15, -0.1) is 0 Å². The monoisotopic (exact) mass is 277 g/mol. The fourth-order valence-electron chi connectivity index (χ4n) is 1.52. The van der Waals surface area contributed by atoms with Crippen LogP contribution >= 0.6 is 0 Å². The first-order valence-electron chi connectivity index (χ1n) is 6.87. The van der Waals surface area contributed by atoms with Crippen molar-refractivity contribution in [3.05, 3.63) is 35.9 Å². The smallest absolute Gasteiger partial charge is 0.123 e. The molecular weight excluding hydrogens is 254 g/mol. The first kappa shape index (κ1) is 16.5. The van der Waals surface area contributed by atoms with E-state index >= 15 is 0 Å². The van der Waals surface area contributed by atoms with Crippen LogP contribution in [0.2, 0.25) is 0 Å². The zero-order valence-corrected chi connectivity index (χ0v) is 12.1. The summed E-state index contributed by atoms with van der Waals surface area (Å²) in [5.41, 5.74) is 1.28. The van der Waals surface area contributed by atoms with Gasteiger partial charge >= 0.3 is 0 Å². The summed E-state index contributed by atoms with van der Waals surface area (Å²) >= 11 is 0. The van der Waals surface area contributed by atoms with Crippen molar-refractivity contribution < 1.29 is 14.2 Å². The highest BCUT2D eigenvalue weighted by atomic mass is 16.5. The van der Waals surface area contributed by atoms with E-state index in [1.54, 1.807) is 6.92 Å². The average Bonchev–Trinajstić information content (AvgIpc) is 2.49. The lowest BCUT2D eigenvalue weighted by Gasteiger charge is -2.07. The Morgan fingerprint density at radius 3 is 2.40 bits per heavy atom. The second-order valence-electron chi connectivity index (χ2n) is 4.09. The summed E-state index contributed by atoms with van der Waals surface area (Å²) in [6.07, 6.45) is 2.52. The molecule has 0 heterocycles. The molecular formula is C16H23NO3. The maximum Gasteiger partial charge on any atom is 0.123 e. The first-order chi connectivity index (χ1) is 9.93. The fraction of sp³-hybridized carbons (Fsp3) is 0.500. The normalized spacial score (nSPS) is 9.85. The van der Waals surface area contributed by atoms with Gasteiger partial charge in [-0.1, -0.05) is 36.3 Å². The van der Waals surface area contributed by atoms with Crippen molar-refractivity contribution in [2.75, 3.05) is 39.6 Å². The van der Waals surface area contributed by atoms with E-state index in [4.69, 9.17) is 14.2 Å². The molecule has 4 nitrogen and oxygen atoms in total. The Kier molecular flexibility index (Phi) is 10.3. The van der Waals surface area contributed by atoms with Crippen LogP contribution in [0.25, 0.3) is 0 Å². The molecule has 0 atom stereocenters. The summed E-state index contributed by atoms with van der Waals surface area (Å²) in [6.45, 7) is 6.37. The van der Waals surface area contributed by atoms with Gasteiger partial charge in [0.2, 0.25) is 0 Å². The molecule has 0 fully saturated rings. The van der Waals surface area contributed by atoms with Crippen molar-refractivity contribution in [2.24, 2.45) is 0 Å². The lowest BCUT2D eigenvalue weighted by molar-refractivity contribution is 0.0337. The molecule has 1 rings (SSSR count). The molecule has 0 spiro atoms. The first-order valence-corrected chi connectivity index (χ1v) is 6.87. The van der Waals surface area contributed by atoms with Crippen molar-refractivity contribution in [1.29, 1.82) is 0 Å². The van der Waals surface area contributed by atoms with Crippen LogP contribution in [0.1, 0.15) is 12.5 Å². The van der Waals surface area contributed by atoms with Crippen LogP contribution in [-0.4, -0.2) is 39.6 Å². The van der Waals surface area contributed by atoms with Crippen molar-refractivity contribution in [2.45, 2.75) is 13.5 Å². The van der Waals surface area contributed by atoms with Gasteiger partial charge in [-0.3, -0.25) is 0 Å². The van der Waals surface area contributed by atoms with E-state index in [2.05, 4.69) is 29.5 Å². The summed E-state index contributed by atoms with van der Waals surface area (Å²) in [6, 6.07) is 10.3. The molecule has 0 bridgehead atoms. The topological polar surface area (TPSA) is 39.7 Å². The van der Waals surface area contributed by atoms with Gasteiger partial charge < -0.3 is 19.5 Å². The highest BCUT2D eigenvalue weighted by molar-refractivity contribution is 5.14. The van der Waals surface area contributed by atoms with Crippen LogP contribution in [-0.2, 0) is 20.8 Å². The molecule has 110 valence electrons. The summed E-state index contributed by atoms with van der Waals surface area (Å²) < 4.78 is 15.7. The van der Waals surface area contributed by atoms with Crippen LogP contribution < -0.4 is 5.32 Å². The minimum Gasteiger partial charge on any atom is -0.444 e. The van der Waals surface area contributed by atoms with E-state index in [0.29, 0.717) is 33.0 Å². The molecule has 0 amide bonds. The maximum atomic E-state index is 5.44. The van der Waals surface area contributed by atoms with Gasteiger partial charge in [-0.05, 0) is 5.56 Å². The van der Waals surface area contributed by atoms with Crippen LogP contribution in [0.15, 0.2) is 30.3 Å². The molecule has 1 aromatic rings. The summed E-state index contributed by atoms with van der Waals surface area (Å²) in [7, 11) is 0. The van der Waals surface area contributed by atoms with Gasteiger partial charge in [0, 0.05) is 20.0 Å². The molecule has 1 aromatic carbocycles. The van der Waals surface area contributed by atoms with Crippen LogP contribution in [0.5, 0.6) is 0 Å². The van der Waals surface area contributed by atoms with E-state index in [1.807, 2.05) is 18.2 Å². The van der Waals surface area contributed by atoms with Crippen molar-refractivity contribution in [3.8, 4) is 12.0 Å². The minimum absolute atomic E-state index is 0.499. The predicted octanol–water partition coefficient (Wildman–Crippen LogP) is 1.81. The third-order valence-electron chi connectivity index (χ3n) is 2.47. The van der Waals surface area contributed by atoms with Crippen LogP contribution in [0.4, 0.5) is 0 Å². The SMILES string of the molecule is CC#COCCOCCOCCNCc1ccccc1. The Bertz CT molecular complexity index is 384. The number of hydrogen-bond acceptors (Lipinski definition) is 4. The molecule has 0 saturated carbocycles. The van der Waals surface area contributed by atoms with Gasteiger partial charge in [0.15, 0.2) is 0 Å². The lowest BCUT2D eigenvalue weighted by atomic mass is 10.2. The van der Waals surface area contributed by atoms with E-state index < -0.39 is 0 Å². The number of nitrogens with one attached hydrogen (secondary N) is 1. The van der Waals surface area contributed by atoms with E-state index in [0.717, 1.165) is 13.1 Å². The maximum absolute atomic E-state index is 5.44. The average molecular weight is 277 g/mol. The summed E-state index contributed by atoms with van der Waals surface area (Å²) in [5, 5.41) is 3.33. The zero-order valence-electron chi connectivity index (χ0n) is 12.1. The van der Waals surface area contributed by atoms with Gasteiger partial charge in [0.25, 0.3) is 0 Å². The van der Waals surface area contributed by atoms with Crippen LogP contribution in [0, 0.1) is 12.0 Å². The predicted molar refractivity (Wildman–Crippen MR) is 79.2 cm³/mol. The molecule has 0 aliphatic carbocycles. The van der Waals surface area contributed by atoms with Crippen molar-refractivity contribution >= 4 is 0 Å². The summed E-state index contributed by atoms with van der Waals surface area (Å²) in [4.78, 5) is 0. The van der Waals surface area contributed by atoms with Gasteiger partial charge in [0.05, 0.1) is 26.4 Å². The Hall–Kier alpha value is -1.54. The zero-order chi connectivity index (χ0) is 14.3. The second-order valence-corrected chi connectivity index (χ2v) is 4.09. The summed E-state index contributed by atoms with van der Waals surface area (Å²) in [5.74, 6) is 2.65. The quantitative estimate of drug-likeness (QED) is 0.494. The molecule has 20 heavy (non-hydrogen) atoms. The van der Waals surface area contributed by atoms with Crippen molar-refractivity contribution in [1.82, 2.24) is 5.32 Å². The highest BCUT2D eigenvalue weighted by Gasteiger charge is 1.92. The molecule has 1 N–H and O–H groups in total. The Morgan fingerprint density at radius 2 is 1.65 bits per heavy atom. The van der Waals surface area contributed by atoms with Crippen molar-refractivity contribution in [3.63, 3.8) is 0 Å². The number of benzene rings is 1.